The van der Waals surface area contributed by atoms with Gasteiger partial charge in [-0.1, -0.05) is 17.7 Å². The van der Waals surface area contributed by atoms with E-state index >= 15 is 0 Å². The molecule has 0 amide bonds. The van der Waals surface area contributed by atoms with Crippen LogP contribution in [0.25, 0.3) is 0 Å². The van der Waals surface area contributed by atoms with Crippen LogP contribution in [0, 0.1) is 12.7 Å². The molecule has 0 saturated carbocycles. The first kappa shape index (κ1) is 15.9. The van der Waals surface area contributed by atoms with E-state index < -0.39 is 6.10 Å². The highest BCUT2D eigenvalue weighted by Crippen LogP contribution is 2.24. The topological polar surface area (TPSA) is 29.5 Å². The summed E-state index contributed by atoms with van der Waals surface area (Å²) in [6.07, 6.45) is 0.0646. The lowest BCUT2D eigenvalue weighted by Crippen LogP contribution is -2.14. The maximum absolute atomic E-state index is 12.8. The third-order valence-corrected chi connectivity index (χ3v) is 4.30. The molecule has 112 valence electrons. The number of aliphatic hydroxyl groups is 1. The van der Waals surface area contributed by atoms with Crippen LogP contribution in [0.2, 0.25) is 0 Å². The molecule has 0 aliphatic carbocycles. The fourth-order valence-electron chi connectivity index (χ4n) is 2.10. The first-order chi connectivity index (χ1) is 10.1. The number of ether oxygens (including phenoxy) is 1. The molecule has 0 heterocycles. The number of thioether (sulfide) groups is 1. The lowest BCUT2D eigenvalue weighted by Gasteiger charge is -2.14. The van der Waals surface area contributed by atoms with Crippen LogP contribution in [-0.4, -0.2) is 24.1 Å². The number of hydrogen-bond donors (Lipinski definition) is 1. The fraction of sp³-hybridized carbons (Fsp3) is 0.294. The molecule has 0 fully saturated rings. The smallest absolute Gasteiger partial charge is 0.123 e. The van der Waals surface area contributed by atoms with E-state index in [4.69, 9.17) is 4.74 Å². The zero-order valence-electron chi connectivity index (χ0n) is 12.2. The first-order valence-corrected chi connectivity index (χ1v) is 7.77. The molecular weight excluding hydrogens is 287 g/mol. The molecule has 0 spiro atoms. The quantitative estimate of drug-likeness (QED) is 0.822. The van der Waals surface area contributed by atoms with E-state index in [0.717, 1.165) is 21.8 Å². The Balaban J connectivity index is 1.94. The second-order valence-corrected chi connectivity index (χ2v) is 6.03. The van der Waals surface area contributed by atoms with Crippen LogP contribution in [0.3, 0.4) is 0 Å². The molecule has 0 aliphatic heterocycles. The van der Waals surface area contributed by atoms with Crippen molar-refractivity contribution in [3.8, 4) is 5.75 Å². The molecule has 1 unspecified atom stereocenters. The number of aryl methyl sites for hydroxylation is 1. The van der Waals surface area contributed by atoms with E-state index in [0.29, 0.717) is 12.2 Å². The van der Waals surface area contributed by atoms with Crippen LogP contribution in [-0.2, 0) is 6.42 Å². The summed E-state index contributed by atoms with van der Waals surface area (Å²) in [6.45, 7) is 2.02. The van der Waals surface area contributed by atoms with Crippen molar-refractivity contribution < 1.29 is 14.2 Å². The Hall–Kier alpha value is -1.52. The maximum Gasteiger partial charge on any atom is 0.123 e. The molecule has 21 heavy (non-hydrogen) atoms. The number of halogens is 1. The van der Waals surface area contributed by atoms with E-state index in [-0.39, 0.29) is 5.82 Å². The van der Waals surface area contributed by atoms with Crippen molar-refractivity contribution in [1.82, 2.24) is 0 Å². The fourth-order valence-corrected chi connectivity index (χ4v) is 2.93. The molecule has 0 aromatic heterocycles. The number of rotatable bonds is 6. The first-order valence-electron chi connectivity index (χ1n) is 6.78. The summed E-state index contributed by atoms with van der Waals surface area (Å²) in [5, 5.41) is 10.2. The van der Waals surface area contributed by atoms with Crippen molar-refractivity contribution in [2.24, 2.45) is 0 Å². The summed E-state index contributed by atoms with van der Waals surface area (Å²) >= 11 is 1.52. The minimum Gasteiger partial charge on any atom is -0.496 e. The third-order valence-electron chi connectivity index (χ3n) is 3.15. The van der Waals surface area contributed by atoms with E-state index in [1.807, 2.05) is 25.1 Å². The molecule has 2 aromatic rings. The van der Waals surface area contributed by atoms with Gasteiger partial charge >= 0.3 is 0 Å². The van der Waals surface area contributed by atoms with Crippen molar-refractivity contribution >= 4 is 11.8 Å². The number of aliphatic hydroxyl groups excluding tert-OH is 1. The highest BCUT2D eigenvalue weighted by Gasteiger charge is 2.11. The summed E-state index contributed by atoms with van der Waals surface area (Å²) < 4.78 is 18.1. The van der Waals surface area contributed by atoms with Crippen LogP contribution in [0.4, 0.5) is 4.39 Å². The summed E-state index contributed by atoms with van der Waals surface area (Å²) in [5.74, 6) is 1.11. The molecular formula is C17H19FO2S. The minimum absolute atomic E-state index is 0.246. The summed E-state index contributed by atoms with van der Waals surface area (Å²) in [4.78, 5) is 0.951. The Morgan fingerprint density at radius 2 is 1.90 bits per heavy atom. The summed E-state index contributed by atoms with van der Waals surface area (Å²) in [7, 11) is 1.63. The predicted octanol–water partition coefficient (Wildman–Crippen LogP) is 3.84. The number of benzene rings is 2. The molecule has 1 atom stereocenters. The number of methoxy groups -OCH3 is 1. The van der Waals surface area contributed by atoms with Crippen LogP contribution in [0.5, 0.6) is 5.75 Å². The SMILES string of the molecule is COc1ccc(C)cc1CC(O)CSc1ccc(F)cc1. The standard InChI is InChI=1S/C17H19FO2S/c1-12-3-8-17(20-2)13(9-12)10-15(19)11-21-16-6-4-14(18)5-7-16/h3-9,15,19H,10-11H2,1-2H3. The Labute approximate surface area is 129 Å². The van der Waals surface area contributed by atoms with Gasteiger partial charge in [0.1, 0.15) is 11.6 Å². The van der Waals surface area contributed by atoms with Crippen molar-refractivity contribution in [1.29, 1.82) is 0 Å². The lowest BCUT2D eigenvalue weighted by molar-refractivity contribution is 0.198. The Morgan fingerprint density at radius 1 is 1.19 bits per heavy atom. The second kappa shape index (κ2) is 7.48. The highest BCUT2D eigenvalue weighted by atomic mass is 32.2. The Morgan fingerprint density at radius 3 is 2.57 bits per heavy atom. The van der Waals surface area contributed by atoms with Crippen molar-refractivity contribution in [2.45, 2.75) is 24.3 Å². The van der Waals surface area contributed by atoms with E-state index in [1.54, 1.807) is 19.2 Å². The van der Waals surface area contributed by atoms with E-state index in [9.17, 15) is 9.50 Å². The average molecular weight is 306 g/mol. The molecule has 0 aliphatic rings. The van der Waals surface area contributed by atoms with Gasteiger partial charge < -0.3 is 9.84 Å². The van der Waals surface area contributed by atoms with E-state index in [2.05, 4.69) is 0 Å². The molecule has 1 N–H and O–H groups in total. The van der Waals surface area contributed by atoms with Crippen molar-refractivity contribution in [3.63, 3.8) is 0 Å². The molecule has 0 bridgehead atoms. The van der Waals surface area contributed by atoms with Gasteiger partial charge in [0, 0.05) is 17.1 Å². The second-order valence-electron chi connectivity index (χ2n) is 4.94. The monoisotopic (exact) mass is 306 g/mol. The summed E-state index contributed by atoms with van der Waals surface area (Å²) in [5.41, 5.74) is 2.15. The van der Waals surface area contributed by atoms with Gasteiger partial charge in [0.15, 0.2) is 0 Å². The predicted molar refractivity (Wildman–Crippen MR) is 84.6 cm³/mol. The molecule has 4 heteroatoms. The maximum atomic E-state index is 12.8. The minimum atomic E-state index is -0.476. The van der Waals surface area contributed by atoms with E-state index in [1.165, 1.54) is 23.9 Å². The average Bonchev–Trinajstić information content (AvgIpc) is 2.47. The van der Waals surface area contributed by atoms with Gasteiger partial charge in [0.25, 0.3) is 0 Å². The van der Waals surface area contributed by atoms with Crippen molar-refractivity contribution in [3.05, 3.63) is 59.4 Å². The molecule has 2 rings (SSSR count). The Kier molecular flexibility index (Phi) is 5.65. The molecule has 2 aromatic carbocycles. The van der Waals surface area contributed by atoms with Crippen LogP contribution >= 0.6 is 11.8 Å². The van der Waals surface area contributed by atoms with Gasteiger partial charge in [-0.05, 0) is 42.8 Å². The summed E-state index contributed by atoms with van der Waals surface area (Å²) in [6, 6.07) is 12.2. The lowest BCUT2D eigenvalue weighted by atomic mass is 10.0. The van der Waals surface area contributed by atoms with Crippen LogP contribution in [0.1, 0.15) is 11.1 Å². The van der Waals surface area contributed by atoms with Gasteiger partial charge in [-0.15, -0.1) is 11.8 Å². The molecule has 0 saturated heterocycles. The van der Waals surface area contributed by atoms with Gasteiger partial charge in [-0.25, -0.2) is 4.39 Å². The molecule has 2 nitrogen and oxygen atoms in total. The zero-order valence-corrected chi connectivity index (χ0v) is 13.0. The van der Waals surface area contributed by atoms with Crippen molar-refractivity contribution in [2.75, 3.05) is 12.9 Å². The van der Waals surface area contributed by atoms with Crippen LogP contribution in [0.15, 0.2) is 47.4 Å². The van der Waals surface area contributed by atoms with Gasteiger partial charge in [-0.3, -0.25) is 0 Å². The Bertz CT molecular complexity index is 584. The third kappa shape index (κ3) is 4.76. The van der Waals surface area contributed by atoms with Gasteiger partial charge in [-0.2, -0.15) is 0 Å². The largest absolute Gasteiger partial charge is 0.496 e. The van der Waals surface area contributed by atoms with Crippen LogP contribution < -0.4 is 4.74 Å². The number of hydrogen-bond acceptors (Lipinski definition) is 3. The highest BCUT2D eigenvalue weighted by molar-refractivity contribution is 7.99. The van der Waals surface area contributed by atoms with Gasteiger partial charge in [0.05, 0.1) is 13.2 Å². The normalized spacial score (nSPS) is 12.2. The van der Waals surface area contributed by atoms with Gasteiger partial charge in [0.2, 0.25) is 0 Å². The molecule has 0 radical (unpaired) electrons. The zero-order chi connectivity index (χ0) is 15.2.